The molecule has 0 aliphatic carbocycles. The minimum absolute atomic E-state index is 0.204. The first kappa shape index (κ1) is 15.6. The lowest BCUT2D eigenvalue weighted by Gasteiger charge is -2.09. The zero-order valence-electron chi connectivity index (χ0n) is 9.97. The number of anilines is 1. The molecule has 1 aromatic carbocycles. The lowest BCUT2D eigenvalue weighted by Crippen LogP contribution is -2.27. The number of thioether (sulfide) groups is 1. The van der Waals surface area contributed by atoms with Crippen molar-refractivity contribution in [3.8, 4) is 0 Å². The molecular formula is C11H12F4N2OS. The van der Waals surface area contributed by atoms with Gasteiger partial charge in [0.25, 0.3) is 5.91 Å². The van der Waals surface area contributed by atoms with Gasteiger partial charge < -0.3 is 11.1 Å². The Kier molecular flexibility index (Phi) is 5.04. The molecule has 19 heavy (non-hydrogen) atoms. The minimum Gasteiger partial charge on any atom is -0.399 e. The summed E-state index contributed by atoms with van der Waals surface area (Å²) in [7, 11) is 0. The summed E-state index contributed by atoms with van der Waals surface area (Å²) in [5.74, 6) is -1.84. The van der Waals surface area contributed by atoms with Crippen LogP contribution in [-0.2, 0) is 0 Å². The van der Waals surface area contributed by atoms with Crippen LogP contribution >= 0.6 is 11.8 Å². The van der Waals surface area contributed by atoms with E-state index in [4.69, 9.17) is 5.73 Å². The predicted molar refractivity (Wildman–Crippen MR) is 66.4 cm³/mol. The van der Waals surface area contributed by atoms with Gasteiger partial charge in [-0.25, -0.2) is 4.39 Å². The van der Waals surface area contributed by atoms with Crippen molar-refractivity contribution in [2.45, 2.75) is 12.4 Å². The third kappa shape index (κ3) is 4.98. The third-order valence-corrected chi connectivity index (χ3v) is 2.91. The average Bonchev–Trinajstić information content (AvgIpc) is 2.27. The number of hydrogen-bond donors (Lipinski definition) is 2. The number of aryl methyl sites for hydroxylation is 1. The summed E-state index contributed by atoms with van der Waals surface area (Å²) in [5.41, 5.74) is 1.29. The minimum atomic E-state index is -4.34. The Morgan fingerprint density at radius 3 is 2.63 bits per heavy atom. The number of carbonyl (C=O) groups is 1. The van der Waals surface area contributed by atoms with Gasteiger partial charge in [-0.05, 0) is 36.4 Å². The Labute approximate surface area is 111 Å². The van der Waals surface area contributed by atoms with Crippen molar-refractivity contribution in [3.63, 3.8) is 0 Å². The van der Waals surface area contributed by atoms with Gasteiger partial charge in [0, 0.05) is 18.0 Å². The number of amides is 1. The highest BCUT2D eigenvalue weighted by Gasteiger charge is 2.27. The second-order valence-electron chi connectivity index (χ2n) is 3.75. The molecule has 0 atom stereocenters. The monoisotopic (exact) mass is 296 g/mol. The Bertz CT molecular complexity index is 476. The summed E-state index contributed by atoms with van der Waals surface area (Å²) in [6, 6.07) is 2.51. The normalized spacial score (nSPS) is 11.4. The molecule has 0 saturated carbocycles. The van der Waals surface area contributed by atoms with Gasteiger partial charge in [-0.3, -0.25) is 4.79 Å². The van der Waals surface area contributed by atoms with E-state index in [1.165, 1.54) is 13.0 Å². The molecule has 0 aromatic heterocycles. The zero-order chi connectivity index (χ0) is 14.6. The van der Waals surface area contributed by atoms with Crippen molar-refractivity contribution in [2.75, 3.05) is 18.0 Å². The van der Waals surface area contributed by atoms with Crippen LogP contribution in [0.3, 0.4) is 0 Å². The third-order valence-electron chi connectivity index (χ3n) is 2.17. The van der Waals surface area contributed by atoms with Crippen molar-refractivity contribution in [1.29, 1.82) is 0 Å². The molecule has 1 rings (SSSR count). The maximum Gasteiger partial charge on any atom is 0.441 e. The van der Waals surface area contributed by atoms with Crippen LogP contribution in [0, 0.1) is 12.7 Å². The lowest BCUT2D eigenvalue weighted by atomic mass is 10.1. The Morgan fingerprint density at radius 1 is 1.42 bits per heavy atom. The fourth-order valence-corrected chi connectivity index (χ4v) is 1.82. The number of nitrogen functional groups attached to an aromatic ring is 1. The van der Waals surface area contributed by atoms with E-state index < -0.39 is 17.2 Å². The maximum atomic E-state index is 13.6. The van der Waals surface area contributed by atoms with Crippen LogP contribution in [0.4, 0.5) is 23.2 Å². The number of rotatable bonds is 4. The quantitative estimate of drug-likeness (QED) is 0.510. The highest BCUT2D eigenvalue weighted by Crippen LogP contribution is 2.29. The second kappa shape index (κ2) is 6.14. The largest absolute Gasteiger partial charge is 0.441 e. The number of nitrogens with two attached hydrogens (primary N) is 1. The average molecular weight is 296 g/mol. The van der Waals surface area contributed by atoms with Crippen molar-refractivity contribution in [3.05, 3.63) is 29.1 Å². The topological polar surface area (TPSA) is 55.1 Å². The molecular weight excluding hydrogens is 284 g/mol. The van der Waals surface area contributed by atoms with E-state index in [1.807, 2.05) is 0 Å². The summed E-state index contributed by atoms with van der Waals surface area (Å²) in [6.07, 6.45) is 0. The second-order valence-corrected chi connectivity index (χ2v) is 4.91. The molecule has 0 aliphatic rings. The molecule has 3 N–H and O–H groups in total. The highest BCUT2D eigenvalue weighted by atomic mass is 32.2. The van der Waals surface area contributed by atoms with Gasteiger partial charge in [-0.1, -0.05) is 0 Å². The number of halogens is 4. The fourth-order valence-electron chi connectivity index (χ4n) is 1.39. The number of hydrogen-bond acceptors (Lipinski definition) is 3. The molecule has 0 unspecified atom stereocenters. The van der Waals surface area contributed by atoms with E-state index in [9.17, 15) is 22.4 Å². The number of alkyl halides is 3. The molecule has 3 nitrogen and oxygen atoms in total. The first-order valence-corrected chi connectivity index (χ1v) is 6.24. The van der Waals surface area contributed by atoms with Gasteiger partial charge in [-0.15, -0.1) is 0 Å². The molecule has 8 heteroatoms. The van der Waals surface area contributed by atoms with E-state index >= 15 is 0 Å². The van der Waals surface area contributed by atoms with Crippen molar-refractivity contribution < 1.29 is 22.4 Å². The van der Waals surface area contributed by atoms with Crippen molar-refractivity contribution in [2.24, 2.45) is 0 Å². The Morgan fingerprint density at radius 2 is 2.05 bits per heavy atom. The summed E-state index contributed by atoms with van der Waals surface area (Å²) < 4.78 is 49.2. The van der Waals surface area contributed by atoms with E-state index in [1.54, 1.807) is 0 Å². The first-order chi connectivity index (χ1) is 8.70. The molecule has 0 fully saturated rings. The molecule has 0 bridgehead atoms. The number of nitrogens with one attached hydrogen (secondary N) is 1. The fraction of sp³-hybridized carbons (Fsp3) is 0.364. The summed E-state index contributed by atoms with van der Waals surface area (Å²) in [5, 5.41) is 2.21. The van der Waals surface area contributed by atoms with E-state index in [0.717, 1.165) is 6.07 Å². The van der Waals surface area contributed by atoms with Crippen LogP contribution in [0.2, 0.25) is 0 Å². The Balaban J connectivity index is 2.60. The summed E-state index contributed by atoms with van der Waals surface area (Å²) in [6.45, 7) is 1.23. The van der Waals surface area contributed by atoms with E-state index in [2.05, 4.69) is 5.32 Å². The maximum absolute atomic E-state index is 13.6. The van der Waals surface area contributed by atoms with Gasteiger partial charge >= 0.3 is 5.51 Å². The lowest BCUT2D eigenvalue weighted by molar-refractivity contribution is -0.0327. The molecule has 1 amide bonds. The predicted octanol–water partition coefficient (Wildman–Crippen LogP) is 2.70. The molecule has 0 saturated heterocycles. The summed E-state index contributed by atoms with van der Waals surface area (Å²) in [4.78, 5) is 11.6. The van der Waals surface area contributed by atoms with Crippen LogP contribution in [0.5, 0.6) is 0 Å². The van der Waals surface area contributed by atoms with E-state index in [-0.39, 0.29) is 40.9 Å². The standard InChI is InChI=1S/C11H12F4N2OS/c1-6-4-7(16)5-8(9(6)12)10(18)17-2-3-19-11(13,14)15/h4-5H,2-3,16H2,1H3,(H,17,18). The molecule has 0 spiro atoms. The number of benzene rings is 1. The SMILES string of the molecule is Cc1cc(N)cc(C(=O)NCCSC(F)(F)F)c1F. The van der Waals surface area contributed by atoms with Gasteiger partial charge in [0.15, 0.2) is 0 Å². The molecule has 0 radical (unpaired) electrons. The summed E-state index contributed by atoms with van der Waals surface area (Å²) >= 11 is -0.252. The van der Waals surface area contributed by atoms with Gasteiger partial charge in [-0.2, -0.15) is 13.2 Å². The molecule has 0 heterocycles. The van der Waals surface area contributed by atoms with Gasteiger partial charge in [0.1, 0.15) is 5.82 Å². The van der Waals surface area contributed by atoms with Gasteiger partial charge in [0.2, 0.25) is 0 Å². The Hall–Kier alpha value is -1.44. The molecule has 106 valence electrons. The van der Waals surface area contributed by atoms with Crippen molar-refractivity contribution >= 4 is 23.4 Å². The number of carbonyl (C=O) groups excluding carboxylic acids is 1. The smallest absolute Gasteiger partial charge is 0.399 e. The van der Waals surface area contributed by atoms with Crippen LogP contribution in [0.25, 0.3) is 0 Å². The van der Waals surface area contributed by atoms with Crippen LogP contribution < -0.4 is 11.1 Å². The van der Waals surface area contributed by atoms with Crippen LogP contribution in [-0.4, -0.2) is 23.7 Å². The molecule has 0 aliphatic heterocycles. The van der Waals surface area contributed by atoms with Crippen LogP contribution in [0.15, 0.2) is 12.1 Å². The highest BCUT2D eigenvalue weighted by molar-refractivity contribution is 8.00. The first-order valence-electron chi connectivity index (χ1n) is 5.25. The van der Waals surface area contributed by atoms with E-state index in [0.29, 0.717) is 0 Å². The van der Waals surface area contributed by atoms with Gasteiger partial charge in [0.05, 0.1) is 5.56 Å². The van der Waals surface area contributed by atoms with Crippen LogP contribution in [0.1, 0.15) is 15.9 Å². The van der Waals surface area contributed by atoms with Crippen molar-refractivity contribution in [1.82, 2.24) is 5.32 Å². The molecule has 1 aromatic rings. The zero-order valence-corrected chi connectivity index (χ0v) is 10.8.